The zero-order valence-electron chi connectivity index (χ0n) is 16.0. The molecule has 1 N–H and O–H groups in total. The van der Waals surface area contributed by atoms with E-state index in [1.807, 2.05) is 13.8 Å². The molecule has 0 unspecified atom stereocenters. The van der Waals surface area contributed by atoms with Gasteiger partial charge in [-0.3, -0.25) is 4.79 Å². The Labute approximate surface area is 166 Å². The highest BCUT2D eigenvalue weighted by Crippen LogP contribution is 2.26. The molecular weight excluding hydrogens is 360 g/mol. The van der Waals surface area contributed by atoms with Crippen LogP contribution in [0.25, 0.3) is 0 Å². The Morgan fingerprint density at radius 1 is 1.15 bits per heavy atom. The number of ether oxygens (including phenoxy) is 1. The smallest absolute Gasteiger partial charge is 0.251 e. The molecule has 1 fully saturated rings. The largest absolute Gasteiger partial charge is 0.492 e. The molecule has 5 heteroatoms. The van der Waals surface area contributed by atoms with E-state index < -0.39 is 0 Å². The number of nitrogens with one attached hydrogen (secondary N) is 1. The van der Waals surface area contributed by atoms with Gasteiger partial charge in [-0.1, -0.05) is 23.7 Å². The van der Waals surface area contributed by atoms with Gasteiger partial charge in [0.25, 0.3) is 5.91 Å². The quantitative estimate of drug-likeness (QED) is 0.739. The van der Waals surface area contributed by atoms with Crippen LogP contribution in [0.15, 0.2) is 42.5 Å². The molecule has 3 rings (SSSR count). The van der Waals surface area contributed by atoms with Crippen molar-refractivity contribution in [1.82, 2.24) is 5.32 Å². The normalized spacial score (nSPS) is 15.3. The van der Waals surface area contributed by atoms with E-state index in [9.17, 15) is 4.79 Å². The summed E-state index contributed by atoms with van der Waals surface area (Å²) in [6.07, 6.45) is 3.85. The van der Waals surface area contributed by atoms with Gasteiger partial charge >= 0.3 is 0 Å². The number of rotatable bonds is 6. The SMILES string of the molecule is CCOc1ccc(C(=O)N[C@@H](C)c2ccc(N3CCCCC3)cc2)cc1Cl. The van der Waals surface area contributed by atoms with Gasteiger partial charge in [0.1, 0.15) is 5.75 Å². The zero-order chi connectivity index (χ0) is 19.2. The zero-order valence-corrected chi connectivity index (χ0v) is 16.8. The molecule has 0 spiro atoms. The van der Waals surface area contributed by atoms with Gasteiger partial charge in [-0.25, -0.2) is 0 Å². The van der Waals surface area contributed by atoms with Crippen LogP contribution in [0.4, 0.5) is 5.69 Å². The number of anilines is 1. The Morgan fingerprint density at radius 2 is 1.85 bits per heavy atom. The van der Waals surface area contributed by atoms with Crippen LogP contribution in [0.1, 0.15) is 55.1 Å². The van der Waals surface area contributed by atoms with Crippen LogP contribution >= 0.6 is 11.6 Å². The minimum Gasteiger partial charge on any atom is -0.492 e. The highest BCUT2D eigenvalue weighted by molar-refractivity contribution is 6.32. The molecule has 0 aromatic heterocycles. The molecule has 1 aliphatic rings. The summed E-state index contributed by atoms with van der Waals surface area (Å²) in [5.41, 5.74) is 2.87. The lowest BCUT2D eigenvalue weighted by Gasteiger charge is -2.29. The molecule has 0 bridgehead atoms. The maximum absolute atomic E-state index is 12.5. The van der Waals surface area contributed by atoms with E-state index in [1.54, 1.807) is 18.2 Å². The molecular formula is C22H27ClN2O2. The maximum Gasteiger partial charge on any atom is 0.251 e. The Kier molecular flexibility index (Phi) is 6.62. The summed E-state index contributed by atoms with van der Waals surface area (Å²) in [6, 6.07) is 13.5. The fourth-order valence-electron chi connectivity index (χ4n) is 3.40. The van der Waals surface area contributed by atoms with E-state index in [4.69, 9.17) is 16.3 Å². The van der Waals surface area contributed by atoms with Crippen LogP contribution in [0.2, 0.25) is 5.02 Å². The Bertz CT molecular complexity index is 770. The number of carbonyl (C=O) groups excluding carboxylic acids is 1. The summed E-state index contributed by atoms with van der Waals surface area (Å²) >= 11 is 6.19. The number of halogens is 1. The summed E-state index contributed by atoms with van der Waals surface area (Å²) in [6.45, 7) is 6.68. The second-order valence-electron chi connectivity index (χ2n) is 6.91. The van der Waals surface area contributed by atoms with Crippen molar-refractivity contribution in [3.8, 4) is 5.75 Å². The van der Waals surface area contributed by atoms with Crippen LogP contribution in [0, 0.1) is 0 Å². The van der Waals surface area contributed by atoms with Crippen molar-refractivity contribution in [3.63, 3.8) is 0 Å². The molecule has 0 saturated carbocycles. The summed E-state index contributed by atoms with van der Waals surface area (Å²) in [5.74, 6) is 0.449. The van der Waals surface area contributed by atoms with E-state index in [1.165, 1.54) is 24.9 Å². The van der Waals surface area contributed by atoms with Crippen molar-refractivity contribution in [2.75, 3.05) is 24.6 Å². The molecule has 1 aliphatic heterocycles. The number of amides is 1. The third kappa shape index (κ3) is 4.95. The summed E-state index contributed by atoms with van der Waals surface area (Å²) in [5, 5.41) is 3.49. The number of hydrogen-bond acceptors (Lipinski definition) is 3. The average molecular weight is 387 g/mol. The van der Waals surface area contributed by atoms with E-state index >= 15 is 0 Å². The molecule has 144 valence electrons. The summed E-state index contributed by atoms with van der Waals surface area (Å²) in [7, 11) is 0. The van der Waals surface area contributed by atoms with E-state index in [-0.39, 0.29) is 11.9 Å². The second-order valence-corrected chi connectivity index (χ2v) is 7.32. The predicted octanol–water partition coefficient (Wildman–Crippen LogP) is 5.22. The first-order chi connectivity index (χ1) is 13.1. The topological polar surface area (TPSA) is 41.6 Å². The van der Waals surface area contributed by atoms with Gasteiger partial charge < -0.3 is 15.0 Å². The van der Waals surface area contributed by atoms with Crippen molar-refractivity contribution in [3.05, 3.63) is 58.6 Å². The third-order valence-corrected chi connectivity index (χ3v) is 5.25. The van der Waals surface area contributed by atoms with E-state index in [2.05, 4.69) is 34.5 Å². The number of nitrogens with zero attached hydrogens (tertiary/aromatic N) is 1. The first-order valence-corrected chi connectivity index (χ1v) is 10.0. The molecule has 2 aromatic carbocycles. The molecule has 27 heavy (non-hydrogen) atoms. The first kappa shape index (κ1) is 19.6. The lowest BCUT2D eigenvalue weighted by Crippen LogP contribution is -2.29. The van der Waals surface area contributed by atoms with Crippen molar-refractivity contribution >= 4 is 23.2 Å². The van der Waals surface area contributed by atoms with Crippen LogP contribution in [0.3, 0.4) is 0 Å². The Balaban J connectivity index is 1.63. The van der Waals surface area contributed by atoms with Gasteiger partial charge in [0, 0.05) is 24.3 Å². The molecule has 1 atom stereocenters. The standard InChI is InChI=1S/C22H27ClN2O2/c1-3-27-21-12-9-18(15-20(21)23)22(26)24-16(2)17-7-10-19(11-8-17)25-13-5-4-6-14-25/h7-12,15-16H,3-6,13-14H2,1-2H3,(H,24,26)/t16-/m0/s1. The first-order valence-electron chi connectivity index (χ1n) is 9.66. The van der Waals surface area contributed by atoms with Crippen LogP contribution in [-0.2, 0) is 0 Å². The van der Waals surface area contributed by atoms with Crippen molar-refractivity contribution in [2.45, 2.75) is 39.2 Å². The van der Waals surface area contributed by atoms with Gasteiger partial charge in [-0.15, -0.1) is 0 Å². The molecule has 0 radical (unpaired) electrons. The number of carbonyl (C=O) groups is 1. The van der Waals surface area contributed by atoms with Gasteiger partial charge in [-0.2, -0.15) is 0 Å². The van der Waals surface area contributed by atoms with E-state index in [0.29, 0.717) is 22.9 Å². The maximum atomic E-state index is 12.5. The third-order valence-electron chi connectivity index (χ3n) is 4.96. The molecule has 1 heterocycles. The number of hydrogen-bond donors (Lipinski definition) is 1. The fourth-order valence-corrected chi connectivity index (χ4v) is 3.64. The van der Waals surface area contributed by atoms with Crippen LogP contribution in [0.5, 0.6) is 5.75 Å². The predicted molar refractivity (Wildman–Crippen MR) is 111 cm³/mol. The average Bonchev–Trinajstić information content (AvgIpc) is 2.70. The monoisotopic (exact) mass is 386 g/mol. The van der Waals surface area contributed by atoms with Gasteiger partial charge in [0.2, 0.25) is 0 Å². The van der Waals surface area contributed by atoms with Gasteiger partial charge in [0.05, 0.1) is 17.7 Å². The summed E-state index contributed by atoms with van der Waals surface area (Å²) < 4.78 is 5.42. The molecule has 4 nitrogen and oxygen atoms in total. The number of piperidine rings is 1. The van der Waals surface area contributed by atoms with Gasteiger partial charge in [-0.05, 0) is 69.0 Å². The van der Waals surface area contributed by atoms with Crippen molar-refractivity contribution in [1.29, 1.82) is 0 Å². The molecule has 0 aliphatic carbocycles. The molecule has 1 saturated heterocycles. The van der Waals surface area contributed by atoms with Gasteiger partial charge in [0.15, 0.2) is 0 Å². The Morgan fingerprint density at radius 3 is 2.48 bits per heavy atom. The van der Waals surface area contributed by atoms with Crippen molar-refractivity contribution in [2.24, 2.45) is 0 Å². The van der Waals surface area contributed by atoms with Crippen LogP contribution in [-0.4, -0.2) is 25.6 Å². The highest BCUT2D eigenvalue weighted by Gasteiger charge is 2.15. The molecule has 1 amide bonds. The minimum atomic E-state index is -0.146. The lowest BCUT2D eigenvalue weighted by molar-refractivity contribution is 0.0940. The van der Waals surface area contributed by atoms with Crippen LogP contribution < -0.4 is 15.0 Å². The molecule has 2 aromatic rings. The lowest BCUT2D eigenvalue weighted by atomic mass is 10.1. The van der Waals surface area contributed by atoms with E-state index in [0.717, 1.165) is 18.7 Å². The summed E-state index contributed by atoms with van der Waals surface area (Å²) in [4.78, 5) is 15.0. The Hall–Kier alpha value is -2.20. The minimum absolute atomic E-state index is 0.0850. The van der Waals surface area contributed by atoms with Crippen molar-refractivity contribution < 1.29 is 9.53 Å². The highest BCUT2D eigenvalue weighted by atomic mass is 35.5. The number of benzene rings is 2. The second kappa shape index (κ2) is 9.14. The fraction of sp³-hybridized carbons (Fsp3) is 0.409.